The van der Waals surface area contributed by atoms with Gasteiger partial charge in [0.05, 0.1) is 5.39 Å². The number of hydrogen-bond acceptors (Lipinski definition) is 5. The van der Waals surface area contributed by atoms with Crippen LogP contribution in [0.1, 0.15) is 43.9 Å². The number of thiophene rings is 1. The first-order chi connectivity index (χ1) is 11.2. The van der Waals surface area contributed by atoms with Crippen molar-refractivity contribution in [1.29, 1.82) is 0 Å². The molecule has 5 nitrogen and oxygen atoms in total. The maximum atomic E-state index is 12.1. The van der Waals surface area contributed by atoms with Gasteiger partial charge >= 0.3 is 0 Å². The minimum Gasteiger partial charge on any atom is -0.368 e. The molecule has 6 heteroatoms. The van der Waals surface area contributed by atoms with Gasteiger partial charge in [0.15, 0.2) is 0 Å². The molecule has 3 atom stereocenters. The molecule has 2 aromatic heterocycles. The van der Waals surface area contributed by atoms with Crippen LogP contribution >= 0.6 is 11.3 Å². The van der Waals surface area contributed by atoms with Gasteiger partial charge in [0, 0.05) is 10.9 Å². The molecular weight excluding hydrogens is 308 g/mol. The van der Waals surface area contributed by atoms with E-state index in [0.29, 0.717) is 12.0 Å². The van der Waals surface area contributed by atoms with Crippen molar-refractivity contribution in [2.75, 3.05) is 4.90 Å². The average molecular weight is 330 g/mol. The van der Waals surface area contributed by atoms with Crippen molar-refractivity contribution in [3.8, 4) is 0 Å². The Morgan fingerprint density at radius 1 is 1.39 bits per heavy atom. The normalized spacial score (nSPS) is 27.3. The van der Waals surface area contributed by atoms with Crippen LogP contribution in [0.4, 0.5) is 5.82 Å². The summed E-state index contributed by atoms with van der Waals surface area (Å²) in [6, 6.07) is 2.35. The van der Waals surface area contributed by atoms with Gasteiger partial charge in [-0.3, -0.25) is 4.79 Å². The van der Waals surface area contributed by atoms with Gasteiger partial charge in [-0.1, -0.05) is 19.8 Å². The first kappa shape index (κ1) is 14.9. The predicted molar refractivity (Wildman–Crippen MR) is 92.6 cm³/mol. The Balaban J connectivity index is 1.83. The highest BCUT2D eigenvalue weighted by atomic mass is 32.1. The Bertz CT molecular complexity index is 743. The zero-order valence-corrected chi connectivity index (χ0v) is 14.2. The van der Waals surface area contributed by atoms with Crippen molar-refractivity contribution >= 4 is 33.3 Å². The van der Waals surface area contributed by atoms with Gasteiger partial charge < -0.3 is 10.6 Å². The zero-order chi connectivity index (χ0) is 16.0. The zero-order valence-electron chi connectivity index (χ0n) is 13.4. The Morgan fingerprint density at radius 2 is 2.22 bits per heavy atom. The summed E-state index contributed by atoms with van der Waals surface area (Å²) in [7, 11) is 0. The van der Waals surface area contributed by atoms with Gasteiger partial charge in [0.1, 0.15) is 23.0 Å². The molecule has 1 saturated carbocycles. The highest BCUT2D eigenvalue weighted by Gasteiger charge is 2.45. The van der Waals surface area contributed by atoms with E-state index in [1.807, 2.05) is 0 Å². The SMILES string of the molecule is CCc1cc2c(N3[C@@H]4CCCC[C@H]4C[C@H]3C(N)=O)ncnc2s1. The summed E-state index contributed by atoms with van der Waals surface area (Å²) < 4.78 is 0. The van der Waals surface area contributed by atoms with Crippen LogP contribution in [0.5, 0.6) is 0 Å². The molecule has 2 aliphatic rings. The summed E-state index contributed by atoms with van der Waals surface area (Å²) in [4.78, 5) is 25.6. The molecule has 2 fully saturated rings. The molecule has 1 saturated heterocycles. The first-order valence-corrected chi connectivity index (χ1v) is 9.31. The van der Waals surface area contributed by atoms with Crippen molar-refractivity contribution < 1.29 is 4.79 Å². The van der Waals surface area contributed by atoms with Crippen LogP contribution in [-0.2, 0) is 11.2 Å². The third kappa shape index (κ3) is 2.40. The van der Waals surface area contributed by atoms with Crippen molar-refractivity contribution in [3.63, 3.8) is 0 Å². The molecule has 122 valence electrons. The fourth-order valence-corrected chi connectivity index (χ4v) is 5.22. The number of aromatic nitrogens is 2. The number of aryl methyl sites for hydroxylation is 1. The topological polar surface area (TPSA) is 72.1 Å². The molecular formula is C17H22N4OS. The fraction of sp³-hybridized carbons (Fsp3) is 0.588. The molecule has 1 aliphatic heterocycles. The summed E-state index contributed by atoms with van der Waals surface area (Å²) in [5.74, 6) is 1.25. The number of nitrogens with two attached hydrogens (primary N) is 1. The second-order valence-electron chi connectivity index (χ2n) is 6.66. The van der Waals surface area contributed by atoms with Gasteiger partial charge in [0.2, 0.25) is 5.91 Å². The molecule has 2 N–H and O–H groups in total. The van der Waals surface area contributed by atoms with Crippen molar-refractivity contribution in [3.05, 3.63) is 17.3 Å². The van der Waals surface area contributed by atoms with E-state index in [1.165, 1.54) is 24.1 Å². The monoisotopic (exact) mass is 330 g/mol. The first-order valence-electron chi connectivity index (χ1n) is 8.50. The molecule has 1 amide bonds. The van der Waals surface area contributed by atoms with E-state index in [1.54, 1.807) is 17.7 Å². The number of anilines is 1. The molecule has 2 aromatic rings. The van der Waals surface area contributed by atoms with Gasteiger partial charge in [-0.25, -0.2) is 9.97 Å². The van der Waals surface area contributed by atoms with E-state index in [4.69, 9.17) is 5.73 Å². The number of rotatable bonds is 3. The summed E-state index contributed by atoms with van der Waals surface area (Å²) in [6.07, 6.45) is 8.30. The number of carbonyl (C=O) groups is 1. The quantitative estimate of drug-likeness (QED) is 0.939. The third-order valence-electron chi connectivity index (χ3n) is 5.37. The lowest BCUT2D eigenvalue weighted by Crippen LogP contribution is -2.45. The number of carbonyl (C=O) groups excluding carboxylic acids is 1. The van der Waals surface area contributed by atoms with E-state index >= 15 is 0 Å². The number of fused-ring (bicyclic) bond motifs is 2. The standard InChI is InChI=1S/C17H22N4OS/c1-2-11-8-12-16(19-9-20-17(12)23-11)21-13-6-4-3-5-10(13)7-14(21)15(18)22/h8-10,13-14H,2-7H2,1H3,(H2,18,22)/t10-,13+,14-/m0/s1. The predicted octanol–water partition coefficient (Wildman–Crippen LogP) is 2.88. The van der Waals surface area contributed by atoms with Crippen LogP contribution in [0.15, 0.2) is 12.4 Å². The highest BCUT2D eigenvalue weighted by Crippen LogP contribution is 2.44. The van der Waals surface area contributed by atoms with Crippen LogP contribution in [0.2, 0.25) is 0 Å². The minimum absolute atomic E-state index is 0.225. The van der Waals surface area contributed by atoms with Crippen LogP contribution in [0.25, 0.3) is 10.2 Å². The van der Waals surface area contributed by atoms with Gasteiger partial charge in [-0.05, 0) is 37.7 Å². The highest BCUT2D eigenvalue weighted by molar-refractivity contribution is 7.18. The molecule has 0 aromatic carbocycles. The molecule has 0 spiro atoms. The van der Waals surface area contributed by atoms with E-state index in [0.717, 1.165) is 35.3 Å². The second-order valence-corrected chi connectivity index (χ2v) is 7.77. The summed E-state index contributed by atoms with van der Waals surface area (Å²) >= 11 is 1.72. The van der Waals surface area contributed by atoms with Crippen molar-refractivity contribution in [2.45, 2.75) is 57.5 Å². The Labute approximate surface area is 139 Å². The molecule has 0 bridgehead atoms. The summed E-state index contributed by atoms with van der Waals surface area (Å²) in [6.45, 7) is 2.15. The van der Waals surface area contributed by atoms with Crippen LogP contribution in [-0.4, -0.2) is 28.0 Å². The summed E-state index contributed by atoms with van der Waals surface area (Å²) in [5.41, 5.74) is 5.73. The number of primary amides is 1. The fourth-order valence-electron chi connectivity index (χ4n) is 4.29. The smallest absolute Gasteiger partial charge is 0.240 e. The number of hydrogen-bond donors (Lipinski definition) is 1. The number of nitrogens with zero attached hydrogens (tertiary/aromatic N) is 3. The van der Waals surface area contributed by atoms with Crippen LogP contribution in [0.3, 0.4) is 0 Å². The Kier molecular flexibility index (Phi) is 3.71. The van der Waals surface area contributed by atoms with Gasteiger partial charge in [-0.15, -0.1) is 11.3 Å². The number of amides is 1. The third-order valence-corrected chi connectivity index (χ3v) is 6.56. The van der Waals surface area contributed by atoms with E-state index < -0.39 is 0 Å². The largest absolute Gasteiger partial charge is 0.368 e. The Morgan fingerprint density at radius 3 is 3.00 bits per heavy atom. The second kappa shape index (κ2) is 5.74. The molecule has 23 heavy (non-hydrogen) atoms. The maximum absolute atomic E-state index is 12.1. The van der Waals surface area contributed by atoms with E-state index in [-0.39, 0.29) is 11.9 Å². The molecule has 0 unspecified atom stereocenters. The molecule has 3 heterocycles. The van der Waals surface area contributed by atoms with Crippen LogP contribution in [0, 0.1) is 5.92 Å². The van der Waals surface area contributed by atoms with E-state index in [9.17, 15) is 4.79 Å². The lowest BCUT2D eigenvalue weighted by Gasteiger charge is -2.34. The summed E-state index contributed by atoms with van der Waals surface area (Å²) in [5, 5.41) is 1.08. The average Bonchev–Trinajstić information content (AvgIpc) is 3.15. The van der Waals surface area contributed by atoms with Crippen LogP contribution < -0.4 is 10.6 Å². The lowest BCUT2D eigenvalue weighted by molar-refractivity contribution is -0.119. The maximum Gasteiger partial charge on any atom is 0.240 e. The Hall–Kier alpha value is -1.69. The van der Waals surface area contributed by atoms with Crippen molar-refractivity contribution in [2.24, 2.45) is 11.7 Å². The molecule has 0 radical (unpaired) electrons. The van der Waals surface area contributed by atoms with Gasteiger partial charge in [-0.2, -0.15) is 0 Å². The van der Waals surface area contributed by atoms with E-state index in [2.05, 4.69) is 27.9 Å². The lowest BCUT2D eigenvalue weighted by atomic mass is 9.84. The molecule has 4 rings (SSSR count). The van der Waals surface area contributed by atoms with Crippen molar-refractivity contribution in [1.82, 2.24) is 9.97 Å². The van der Waals surface area contributed by atoms with Gasteiger partial charge in [0.25, 0.3) is 0 Å². The molecule has 1 aliphatic carbocycles. The minimum atomic E-state index is -0.230.